The fourth-order valence-electron chi connectivity index (χ4n) is 2.97. The quantitative estimate of drug-likeness (QED) is 0.783. The van der Waals surface area contributed by atoms with E-state index in [1.54, 1.807) is 0 Å². The molecule has 2 atom stereocenters. The van der Waals surface area contributed by atoms with Crippen LogP contribution in [0.4, 0.5) is 0 Å². The van der Waals surface area contributed by atoms with Crippen LogP contribution >= 0.6 is 0 Å². The van der Waals surface area contributed by atoms with Crippen LogP contribution in [0.25, 0.3) is 0 Å². The zero-order chi connectivity index (χ0) is 11.0. The van der Waals surface area contributed by atoms with E-state index in [4.69, 9.17) is 5.73 Å². The second-order valence-corrected chi connectivity index (χ2v) is 4.90. The van der Waals surface area contributed by atoms with E-state index in [1.165, 1.54) is 24.1 Å². The molecule has 0 radical (unpaired) electrons. The smallest absolute Gasteiger partial charge is 0.0241 e. The maximum atomic E-state index is 5.77. The van der Waals surface area contributed by atoms with Gasteiger partial charge in [0, 0.05) is 38.3 Å². The zero-order valence-electron chi connectivity index (χ0n) is 9.52. The van der Waals surface area contributed by atoms with Crippen LogP contribution in [-0.2, 0) is 13.1 Å². The number of benzene rings is 1. The Morgan fingerprint density at radius 3 is 2.75 bits per heavy atom. The number of nitrogens with two attached hydrogens (primary N) is 1. The van der Waals surface area contributed by atoms with Crippen LogP contribution in [0.3, 0.4) is 0 Å². The fraction of sp³-hybridized carbons (Fsp3) is 0.538. The molecule has 86 valence electrons. The summed E-state index contributed by atoms with van der Waals surface area (Å²) in [5.74, 6) is 0. The molecule has 16 heavy (non-hydrogen) atoms. The first-order chi connectivity index (χ1) is 7.86. The molecule has 2 fully saturated rings. The maximum absolute atomic E-state index is 5.77. The van der Waals surface area contributed by atoms with Crippen molar-refractivity contribution in [1.29, 1.82) is 0 Å². The lowest BCUT2D eigenvalue weighted by Crippen LogP contribution is -2.43. The average molecular weight is 217 g/mol. The van der Waals surface area contributed by atoms with Gasteiger partial charge in [-0.25, -0.2) is 0 Å². The van der Waals surface area contributed by atoms with Gasteiger partial charge in [-0.15, -0.1) is 0 Å². The van der Waals surface area contributed by atoms with Crippen LogP contribution in [0.5, 0.6) is 0 Å². The number of fused-ring (bicyclic) bond motifs is 2. The molecule has 3 heteroatoms. The monoisotopic (exact) mass is 217 g/mol. The van der Waals surface area contributed by atoms with Crippen molar-refractivity contribution in [1.82, 2.24) is 10.2 Å². The van der Waals surface area contributed by atoms with Crippen LogP contribution in [0.2, 0.25) is 0 Å². The molecule has 1 aromatic rings. The first-order valence-electron chi connectivity index (χ1n) is 6.11. The van der Waals surface area contributed by atoms with E-state index >= 15 is 0 Å². The minimum Gasteiger partial charge on any atom is -0.326 e. The number of rotatable bonds is 3. The summed E-state index contributed by atoms with van der Waals surface area (Å²) in [5.41, 5.74) is 8.46. The van der Waals surface area contributed by atoms with Gasteiger partial charge >= 0.3 is 0 Å². The second kappa shape index (κ2) is 4.17. The Labute approximate surface area is 96.6 Å². The van der Waals surface area contributed by atoms with E-state index in [-0.39, 0.29) is 0 Å². The Hall–Kier alpha value is -0.900. The highest BCUT2D eigenvalue weighted by Crippen LogP contribution is 2.25. The standard InChI is InChI=1S/C13H19N3/c14-6-10-3-1-2-4-11(10)8-16-9-12-5-13(16)7-15-12/h1-4,12-13,15H,5-9,14H2. The second-order valence-electron chi connectivity index (χ2n) is 4.90. The summed E-state index contributed by atoms with van der Waals surface area (Å²) in [5, 5.41) is 3.53. The molecule has 2 aliphatic heterocycles. The number of likely N-dealkylation sites (tertiary alicyclic amines) is 1. The Morgan fingerprint density at radius 2 is 2.12 bits per heavy atom. The van der Waals surface area contributed by atoms with Gasteiger partial charge in [-0.3, -0.25) is 4.90 Å². The van der Waals surface area contributed by atoms with Gasteiger partial charge < -0.3 is 11.1 Å². The van der Waals surface area contributed by atoms with E-state index in [0.717, 1.165) is 25.2 Å². The van der Waals surface area contributed by atoms with Gasteiger partial charge in [0.2, 0.25) is 0 Å². The van der Waals surface area contributed by atoms with E-state index < -0.39 is 0 Å². The first-order valence-corrected chi connectivity index (χ1v) is 6.11. The van der Waals surface area contributed by atoms with Gasteiger partial charge in [0.15, 0.2) is 0 Å². The lowest BCUT2D eigenvalue weighted by molar-refractivity contribution is 0.217. The topological polar surface area (TPSA) is 41.3 Å². The molecule has 2 heterocycles. The van der Waals surface area contributed by atoms with Crippen molar-refractivity contribution in [2.75, 3.05) is 13.1 Å². The molecule has 1 aromatic carbocycles. The van der Waals surface area contributed by atoms with Crippen LogP contribution < -0.4 is 11.1 Å². The lowest BCUT2D eigenvalue weighted by Gasteiger charge is -2.27. The Bertz CT molecular complexity index is 377. The van der Waals surface area contributed by atoms with Crippen molar-refractivity contribution in [3.8, 4) is 0 Å². The molecule has 2 unspecified atom stereocenters. The molecule has 2 aliphatic rings. The molecule has 0 saturated carbocycles. The highest BCUT2D eigenvalue weighted by Gasteiger charge is 2.37. The van der Waals surface area contributed by atoms with Gasteiger partial charge in [-0.05, 0) is 17.5 Å². The Kier molecular flexibility index (Phi) is 2.67. The first kappa shape index (κ1) is 10.3. The van der Waals surface area contributed by atoms with Crippen molar-refractivity contribution in [2.24, 2.45) is 5.73 Å². The van der Waals surface area contributed by atoms with Crippen molar-refractivity contribution >= 4 is 0 Å². The summed E-state index contributed by atoms with van der Waals surface area (Å²) >= 11 is 0. The largest absolute Gasteiger partial charge is 0.326 e. The summed E-state index contributed by atoms with van der Waals surface area (Å²) in [7, 11) is 0. The number of piperazine rings is 1. The summed E-state index contributed by atoms with van der Waals surface area (Å²) in [4.78, 5) is 2.59. The molecule has 0 aromatic heterocycles. The van der Waals surface area contributed by atoms with Crippen molar-refractivity contribution in [3.05, 3.63) is 35.4 Å². The van der Waals surface area contributed by atoms with Crippen LogP contribution in [0, 0.1) is 0 Å². The van der Waals surface area contributed by atoms with Gasteiger partial charge in [-0.2, -0.15) is 0 Å². The van der Waals surface area contributed by atoms with Gasteiger partial charge in [-0.1, -0.05) is 24.3 Å². The SMILES string of the molecule is NCc1ccccc1CN1CC2CC1CN2. The molecule has 0 spiro atoms. The predicted molar refractivity (Wildman–Crippen MR) is 64.9 cm³/mol. The van der Waals surface area contributed by atoms with Gasteiger partial charge in [0.05, 0.1) is 0 Å². The third kappa shape index (κ3) is 1.75. The minimum absolute atomic E-state index is 0.649. The number of hydrogen-bond donors (Lipinski definition) is 2. The lowest BCUT2D eigenvalue weighted by atomic mass is 10.1. The van der Waals surface area contributed by atoms with Crippen molar-refractivity contribution in [2.45, 2.75) is 31.6 Å². The molecular weight excluding hydrogens is 198 g/mol. The summed E-state index contributed by atoms with van der Waals surface area (Å²) in [6.07, 6.45) is 1.32. The summed E-state index contributed by atoms with van der Waals surface area (Å²) in [6, 6.07) is 10.0. The molecule has 3 N–H and O–H groups in total. The van der Waals surface area contributed by atoms with Gasteiger partial charge in [0.1, 0.15) is 0 Å². The molecule has 0 aliphatic carbocycles. The highest BCUT2D eigenvalue weighted by atomic mass is 15.3. The number of nitrogens with one attached hydrogen (secondary N) is 1. The third-order valence-electron chi connectivity index (χ3n) is 3.88. The van der Waals surface area contributed by atoms with E-state index in [0.29, 0.717) is 6.54 Å². The zero-order valence-corrected chi connectivity index (χ0v) is 9.52. The normalized spacial score (nSPS) is 28.8. The Morgan fingerprint density at radius 1 is 1.31 bits per heavy atom. The fourth-order valence-corrected chi connectivity index (χ4v) is 2.97. The summed E-state index contributed by atoms with van der Waals surface area (Å²) in [6.45, 7) is 4.08. The summed E-state index contributed by atoms with van der Waals surface area (Å²) < 4.78 is 0. The average Bonchev–Trinajstić information content (AvgIpc) is 2.92. The highest BCUT2D eigenvalue weighted by molar-refractivity contribution is 5.27. The third-order valence-corrected chi connectivity index (χ3v) is 3.88. The molecule has 0 amide bonds. The molecule has 2 saturated heterocycles. The van der Waals surface area contributed by atoms with Gasteiger partial charge in [0.25, 0.3) is 0 Å². The molecular formula is C13H19N3. The van der Waals surface area contributed by atoms with Crippen LogP contribution in [0.15, 0.2) is 24.3 Å². The molecule has 2 bridgehead atoms. The van der Waals surface area contributed by atoms with E-state index in [9.17, 15) is 0 Å². The number of nitrogens with zero attached hydrogens (tertiary/aromatic N) is 1. The van der Waals surface area contributed by atoms with Crippen molar-refractivity contribution in [3.63, 3.8) is 0 Å². The number of hydrogen-bond acceptors (Lipinski definition) is 3. The maximum Gasteiger partial charge on any atom is 0.0241 e. The van der Waals surface area contributed by atoms with E-state index in [2.05, 4.69) is 34.5 Å². The predicted octanol–water partition coefficient (Wildman–Crippen LogP) is 0.691. The van der Waals surface area contributed by atoms with Crippen molar-refractivity contribution < 1.29 is 0 Å². The Balaban J connectivity index is 1.74. The van der Waals surface area contributed by atoms with Crippen LogP contribution in [-0.4, -0.2) is 30.1 Å². The van der Waals surface area contributed by atoms with E-state index in [1.807, 2.05) is 0 Å². The minimum atomic E-state index is 0.649. The molecule has 3 rings (SSSR count). The van der Waals surface area contributed by atoms with Crippen LogP contribution in [0.1, 0.15) is 17.5 Å². The molecule has 3 nitrogen and oxygen atoms in total.